The van der Waals surface area contributed by atoms with Crippen LogP contribution in [0, 0.1) is 0 Å². The lowest BCUT2D eigenvalue weighted by Crippen LogP contribution is -2.17. The van der Waals surface area contributed by atoms with Crippen LogP contribution in [-0.4, -0.2) is 15.0 Å². The topological polar surface area (TPSA) is 38.7 Å². The molecule has 1 heterocycles. The Balaban J connectivity index is 1.22. The van der Waals surface area contributed by atoms with Gasteiger partial charge in [0.25, 0.3) is 0 Å². The van der Waals surface area contributed by atoms with Crippen molar-refractivity contribution in [3.05, 3.63) is 150 Å². The molecule has 0 unspecified atom stereocenters. The molecular formula is C43H33N3. The standard InChI is InChI=1S/C43H33N3/c1-42(2)35-20-11-10-18-30(35)33-24-38-34(25-37(33)42)31-22-21-28(23-36(31)43(38,3)4)40-44-39(27-14-6-5-7-15-27)45-41(46-40)32-19-12-16-26-13-8-9-17-29(26)32/h5-25H,1-4H3. The van der Waals surface area contributed by atoms with Crippen LogP contribution in [0.4, 0.5) is 0 Å². The average Bonchev–Trinajstić information content (AvgIpc) is 3.46. The Hall–Kier alpha value is -5.41. The summed E-state index contributed by atoms with van der Waals surface area (Å²) in [6.07, 6.45) is 0. The van der Waals surface area contributed by atoms with E-state index in [0.29, 0.717) is 17.5 Å². The average molecular weight is 592 g/mol. The van der Waals surface area contributed by atoms with Crippen LogP contribution in [0.2, 0.25) is 0 Å². The summed E-state index contributed by atoms with van der Waals surface area (Å²) in [6, 6.07) is 45.6. The van der Waals surface area contributed by atoms with Gasteiger partial charge in [-0.25, -0.2) is 15.0 Å². The predicted octanol–water partition coefficient (Wildman–Crippen LogP) is 10.6. The van der Waals surface area contributed by atoms with Crippen LogP contribution in [-0.2, 0) is 10.8 Å². The summed E-state index contributed by atoms with van der Waals surface area (Å²) in [5, 5.41) is 2.29. The van der Waals surface area contributed by atoms with Gasteiger partial charge in [-0.15, -0.1) is 0 Å². The van der Waals surface area contributed by atoms with Crippen molar-refractivity contribution in [2.45, 2.75) is 38.5 Å². The van der Waals surface area contributed by atoms with Gasteiger partial charge in [0.05, 0.1) is 0 Å². The van der Waals surface area contributed by atoms with E-state index >= 15 is 0 Å². The lowest BCUT2D eigenvalue weighted by molar-refractivity contribution is 0.652. The molecule has 0 N–H and O–H groups in total. The van der Waals surface area contributed by atoms with Crippen LogP contribution in [0.25, 0.3) is 67.2 Å². The van der Waals surface area contributed by atoms with E-state index in [2.05, 4.69) is 137 Å². The molecule has 220 valence electrons. The molecule has 46 heavy (non-hydrogen) atoms. The predicted molar refractivity (Wildman–Crippen MR) is 189 cm³/mol. The highest BCUT2D eigenvalue weighted by atomic mass is 15.0. The first-order valence-electron chi connectivity index (χ1n) is 16.0. The Morgan fingerprint density at radius 1 is 0.370 bits per heavy atom. The van der Waals surface area contributed by atoms with E-state index in [1.54, 1.807) is 0 Å². The van der Waals surface area contributed by atoms with Gasteiger partial charge in [-0.1, -0.05) is 137 Å². The lowest BCUT2D eigenvalue weighted by Gasteiger charge is -2.24. The molecule has 0 aliphatic heterocycles. The molecular weight excluding hydrogens is 558 g/mol. The SMILES string of the molecule is CC1(C)c2ccccc2-c2cc3c(cc21)-c1ccc(-c2nc(-c4ccccc4)nc(-c4cccc5ccccc45)n2)cc1C3(C)C. The minimum Gasteiger partial charge on any atom is -0.208 e. The molecule has 1 aromatic heterocycles. The first-order chi connectivity index (χ1) is 22.3. The summed E-state index contributed by atoms with van der Waals surface area (Å²) in [7, 11) is 0. The van der Waals surface area contributed by atoms with Crippen molar-refractivity contribution >= 4 is 10.8 Å². The number of benzene rings is 6. The molecule has 0 amide bonds. The number of fused-ring (bicyclic) bond motifs is 7. The van der Waals surface area contributed by atoms with E-state index in [1.807, 2.05) is 18.2 Å². The van der Waals surface area contributed by atoms with Gasteiger partial charge in [0, 0.05) is 27.5 Å². The minimum absolute atomic E-state index is 0.0372. The normalized spacial score (nSPS) is 14.9. The molecule has 6 aromatic carbocycles. The molecule has 3 nitrogen and oxygen atoms in total. The van der Waals surface area contributed by atoms with E-state index in [9.17, 15) is 0 Å². The van der Waals surface area contributed by atoms with Crippen molar-refractivity contribution in [3.8, 4) is 56.4 Å². The van der Waals surface area contributed by atoms with E-state index in [1.165, 1.54) is 44.5 Å². The van der Waals surface area contributed by atoms with Crippen molar-refractivity contribution in [2.24, 2.45) is 0 Å². The Morgan fingerprint density at radius 2 is 0.913 bits per heavy atom. The van der Waals surface area contributed by atoms with Crippen LogP contribution in [0.5, 0.6) is 0 Å². The summed E-state index contributed by atoms with van der Waals surface area (Å²) in [4.78, 5) is 15.2. The molecule has 0 atom stereocenters. The van der Waals surface area contributed by atoms with E-state index < -0.39 is 0 Å². The summed E-state index contributed by atoms with van der Waals surface area (Å²) in [5.74, 6) is 2.04. The van der Waals surface area contributed by atoms with Crippen molar-refractivity contribution in [1.82, 2.24) is 15.0 Å². The highest BCUT2D eigenvalue weighted by Gasteiger charge is 2.41. The van der Waals surface area contributed by atoms with Crippen molar-refractivity contribution in [2.75, 3.05) is 0 Å². The third-order valence-electron chi connectivity index (χ3n) is 10.3. The molecule has 0 fully saturated rings. The Bertz CT molecular complexity index is 2360. The van der Waals surface area contributed by atoms with Crippen LogP contribution < -0.4 is 0 Å². The molecule has 0 saturated heterocycles. The minimum atomic E-state index is -0.175. The van der Waals surface area contributed by atoms with E-state index in [-0.39, 0.29) is 10.8 Å². The molecule has 9 rings (SSSR count). The zero-order valence-electron chi connectivity index (χ0n) is 26.5. The van der Waals surface area contributed by atoms with Crippen LogP contribution in [0.3, 0.4) is 0 Å². The third-order valence-corrected chi connectivity index (χ3v) is 10.3. The summed E-state index contributed by atoms with van der Waals surface area (Å²) >= 11 is 0. The number of aromatic nitrogens is 3. The first kappa shape index (κ1) is 26.9. The van der Waals surface area contributed by atoms with Gasteiger partial charge in [-0.05, 0) is 73.5 Å². The van der Waals surface area contributed by atoms with Crippen LogP contribution in [0.1, 0.15) is 49.9 Å². The molecule has 0 saturated carbocycles. The fourth-order valence-electron chi connectivity index (χ4n) is 7.83. The highest BCUT2D eigenvalue weighted by Crippen LogP contribution is 2.56. The zero-order valence-corrected chi connectivity index (χ0v) is 26.5. The molecule has 3 heteroatoms. The second-order valence-corrected chi connectivity index (χ2v) is 13.7. The van der Waals surface area contributed by atoms with Crippen LogP contribution >= 0.6 is 0 Å². The number of hydrogen-bond acceptors (Lipinski definition) is 3. The van der Waals surface area contributed by atoms with Crippen LogP contribution in [0.15, 0.2) is 127 Å². The van der Waals surface area contributed by atoms with Gasteiger partial charge in [-0.2, -0.15) is 0 Å². The fraction of sp³-hybridized carbons (Fsp3) is 0.140. The summed E-state index contributed by atoms with van der Waals surface area (Å²) in [5.41, 5.74) is 13.6. The molecule has 0 bridgehead atoms. The maximum absolute atomic E-state index is 5.14. The summed E-state index contributed by atoms with van der Waals surface area (Å²) < 4.78 is 0. The Morgan fingerprint density at radius 3 is 1.70 bits per heavy atom. The monoisotopic (exact) mass is 591 g/mol. The second kappa shape index (κ2) is 9.55. The Labute approximate surface area is 269 Å². The fourth-order valence-corrected chi connectivity index (χ4v) is 7.83. The van der Waals surface area contributed by atoms with Gasteiger partial charge in [-0.3, -0.25) is 0 Å². The smallest absolute Gasteiger partial charge is 0.164 e. The van der Waals surface area contributed by atoms with E-state index in [4.69, 9.17) is 15.0 Å². The number of nitrogens with zero attached hydrogens (tertiary/aromatic N) is 3. The second-order valence-electron chi connectivity index (χ2n) is 13.7. The van der Waals surface area contributed by atoms with Crippen molar-refractivity contribution in [3.63, 3.8) is 0 Å². The quantitative estimate of drug-likeness (QED) is 0.205. The molecule has 2 aliphatic rings. The number of hydrogen-bond donors (Lipinski definition) is 0. The summed E-state index contributed by atoms with van der Waals surface area (Å²) in [6.45, 7) is 9.41. The van der Waals surface area contributed by atoms with Gasteiger partial charge >= 0.3 is 0 Å². The van der Waals surface area contributed by atoms with Gasteiger partial charge in [0.2, 0.25) is 0 Å². The molecule has 0 spiro atoms. The van der Waals surface area contributed by atoms with Gasteiger partial charge in [0.1, 0.15) is 0 Å². The molecule has 2 aliphatic carbocycles. The first-order valence-corrected chi connectivity index (χ1v) is 16.0. The van der Waals surface area contributed by atoms with Gasteiger partial charge < -0.3 is 0 Å². The maximum atomic E-state index is 5.14. The van der Waals surface area contributed by atoms with E-state index in [0.717, 1.165) is 27.5 Å². The lowest BCUT2D eigenvalue weighted by atomic mass is 9.79. The Kier molecular flexibility index (Phi) is 5.59. The number of rotatable bonds is 3. The highest BCUT2D eigenvalue weighted by molar-refractivity contribution is 5.95. The van der Waals surface area contributed by atoms with Crippen molar-refractivity contribution in [1.29, 1.82) is 0 Å². The maximum Gasteiger partial charge on any atom is 0.164 e. The largest absolute Gasteiger partial charge is 0.208 e. The van der Waals surface area contributed by atoms with Crippen molar-refractivity contribution < 1.29 is 0 Å². The third kappa shape index (κ3) is 3.81. The van der Waals surface area contributed by atoms with Gasteiger partial charge in [0.15, 0.2) is 17.5 Å². The molecule has 0 radical (unpaired) electrons. The zero-order chi connectivity index (χ0) is 31.2. The molecule has 7 aromatic rings.